The van der Waals surface area contributed by atoms with E-state index in [1.54, 1.807) is 6.20 Å². The average Bonchev–Trinajstić information content (AvgIpc) is 3.29. The second kappa shape index (κ2) is 9.20. The van der Waals surface area contributed by atoms with E-state index in [1.807, 2.05) is 43.9 Å². The summed E-state index contributed by atoms with van der Waals surface area (Å²) in [5.41, 5.74) is 10.2. The summed E-state index contributed by atoms with van der Waals surface area (Å²) in [6.07, 6.45) is 2.80. The number of carbonyl (C=O) groups is 2. The Morgan fingerprint density at radius 1 is 1.09 bits per heavy atom. The minimum atomic E-state index is -0.287. The SMILES string of the molecule is Cc1ccc(CC(CC(N)=O)N2CC3CN(C(=O)c4c(C)ccnc4C)CC3C2)cc1Cl. The first-order valence-corrected chi connectivity index (χ1v) is 11.6. The minimum Gasteiger partial charge on any atom is -0.370 e. The molecule has 0 bridgehead atoms. The van der Waals surface area contributed by atoms with E-state index in [9.17, 15) is 9.59 Å². The molecule has 1 aromatic carbocycles. The Kier molecular flexibility index (Phi) is 6.54. The number of pyridine rings is 1. The van der Waals surface area contributed by atoms with Gasteiger partial charge in [-0.25, -0.2) is 0 Å². The van der Waals surface area contributed by atoms with Crippen LogP contribution in [0.25, 0.3) is 0 Å². The van der Waals surface area contributed by atoms with Crippen molar-refractivity contribution in [3.8, 4) is 0 Å². The number of rotatable bonds is 6. The van der Waals surface area contributed by atoms with Crippen LogP contribution in [0.4, 0.5) is 0 Å². The van der Waals surface area contributed by atoms with Crippen molar-refractivity contribution in [3.05, 3.63) is 63.4 Å². The van der Waals surface area contributed by atoms with Crippen molar-refractivity contribution < 1.29 is 9.59 Å². The number of hydrogen-bond donors (Lipinski definition) is 1. The first-order valence-electron chi connectivity index (χ1n) is 11.2. The molecule has 2 aliphatic heterocycles. The number of nitrogens with zero attached hydrogens (tertiary/aromatic N) is 3. The molecule has 4 rings (SSSR count). The lowest BCUT2D eigenvalue weighted by molar-refractivity contribution is -0.119. The molecule has 1 aromatic heterocycles. The summed E-state index contributed by atoms with van der Waals surface area (Å²) in [7, 11) is 0. The average molecular weight is 455 g/mol. The summed E-state index contributed by atoms with van der Waals surface area (Å²) in [6, 6.07) is 8.02. The van der Waals surface area contributed by atoms with Crippen molar-refractivity contribution in [1.29, 1.82) is 0 Å². The zero-order valence-corrected chi connectivity index (χ0v) is 19.7. The van der Waals surface area contributed by atoms with Gasteiger partial charge in [0.05, 0.1) is 11.3 Å². The highest BCUT2D eigenvalue weighted by Crippen LogP contribution is 2.34. The molecule has 32 heavy (non-hydrogen) atoms. The van der Waals surface area contributed by atoms with Gasteiger partial charge in [0.1, 0.15) is 0 Å². The Hall–Kier alpha value is -2.44. The summed E-state index contributed by atoms with van der Waals surface area (Å²) in [6.45, 7) is 9.07. The normalized spacial score (nSPS) is 21.6. The third-order valence-corrected chi connectivity index (χ3v) is 7.43. The molecule has 3 unspecified atom stereocenters. The van der Waals surface area contributed by atoms with Gasteiger partial charge >= 0.3 is 0 Å². The Bertz CT molecular complexity index is 1010. The molecular weight excluding hydrogens is 424 g/mol. The molecular formula is C25H31ClN4O2. The molecule has 170 valence electrons. The minimum absolute atomic E-state index is 0.0452. The van der Waals surface area contributed by atoms with Crippen LogP contribution >= 0.6 is 11.6 Å². The fourth-order valence-corrected chi connectivity index (χ4v) is 5.47. The summed E-state index contributed by atoms with van der Waals surface area (Å²) < 4.78 is 0. The number of benzene rings is 1. The second-order valence-corrected chi connectivity index (χ2v) is 9.79. The van der Waals surface area contributed by atoms with Gasteiger partial charge in [-0.05, 0) is 67.9 Å². The highest BCUT2D eigenvalue weighted by atomic mass is 35.5. The zero-order valence-electron chi connectivity index (χ0n) is 19.0. The molecule has 2 aliphatic rings. The number of amides is 2. The van der Waals surface area contributed by atoms with Gasteiger partial charge in [0.15, 0.2) is 0 Å². The van der Waals surface area contributed by atoms with Crippen LogP contribution in [0, 0.1) is 32.6 Å². The molecule has 0 radical (unpaired) electrons. The second-order valence-electron chi connectivity index (χ2n) is 9.38. The van der Waals surface area contributed by atoms with Gasteiger partial charge in [-0.2, -0.15) is 0 Å². The number of primary amides is 1. The van der Waals surface area contributed by atoms with Crippen LogP contribution in [0.1, 0.15) is 39.2 Å². The number of likely N-dealkylation sites (tertiary alicyclic amines) is 2. The van der Waals surface area contributed by atoms with Crippen LogP contribution in [0.3, 0.4) is 0 Å². The molecule has 7 heteroatoms. The van der Waals surface area contributed by atoms with Crippen LogP contribution in [-0.4, -0.2) is 58.8 Å². The maximum Gasteiger partial charge on any atom is 0.255 e. The third kappa shape index (κ3) is 4.66. The highest BCUT2D eigenvalue weighted by Gasteiger charge is 2.44. The zero-order chi connectivity index (χ0) is 23.0. The molecule has 3 heterocycles. The van der Waals surface area contributed by atoms with E-state index >= 15 is 0 Å². The van der Waals surface area contributed by atoms with Crippen molar-refractivity contribution in [3.63, 3.8) is 0 Å². The predicted octanol–water partition coefficient (Wildman–Crippen LogP) is 3.15. The molecule has 2 fully saturated rings. The first kappa shape index (κ1) is 22.7. The molecule has 2 amide bonds. The summed E-state index contributed by atoms with van der Waals surface area (Å²) in [4.78, 5) is 33.7. The Labute approximate surface area is 194 Å². The Balaban J connectivity index is 1.44. The molecule has 2 aromatic rings. The molecule has 2 N–H and O–H groups in total. The number of fused-ring (bicyclic) bond motifs is 1. The lowest BCUT2D eigenvalue weighted by atomic mass is 10.0. The van der Waals surface area contributed by atoms with Crippen LogP contribution in [0.15, 0.2) is 30.5 Å². The van der Waals surface area contributed by atoms with Crippen LogP contribution in [0.5, 0.6) is 0 Å². The van der Waals surface area contributed by atoms with Gasteiger partial charge in [0.2, 0.25) is 5.91 Å². The molecule has 2 saturated heterocycles. The highest BCUT2D eigenvalue weighted by molar-refractivity contribution is 6.31. The van der Waals surface area contributed by atoms with E-state index in [-0.39, 0.29) is 17.9 Å². The maximum atomic E-state index is 13.2. The molecule has 0 saturated carbocycles. The van der Waals surface area contributed by atoms with Crippen LogP contribution < -0.4 is 5.73 Å². The van der Waals surface area contributed by atoms with E-state index in [4.69, 9.17) is 17.3 Å². The standard InChI is InChI=1S/C25H31ClN4O2/c1-15-4-5-18(9-22(15)26)8-21(10-23(27)31)29-11-19-13-30(14-20(19)12-29)25(32)24-16(2)6-7-28-17(24)3/h4-7,9,19-21H,8,10-14H2,1-3H3,(H2,27,31). The lowest BCUT2D eigenvalue weighted by Gasteiger charge is -2.29. The summed E-state index contributed by atoms with van der Waals surface area (Å²) in [5.74, 6) is 0.614. The first-order chi connectivity index (χ1) is 15.2. The molecule has 6 nitrogen and oxygen atoms in total. The van der Waals surface area contributed by atoms with Gasteiger partial charge in [0.25, 0.3) is 5.91 Å². The fraction of sp³-hybridized carbons (Fsp3) is 0.480. The third-order valence-electron chi connectivity index (χ3n) is 7.03. The molecule has 0 aliphatic carbocycles. The van der Waals surface area contributed by atoms with E-state index in [0.717, 1.165) is 65.6 Å². The van der Waals surface area contributed by atoms with E-state index in [0.29, 0.717) is 18.3 Å². The van der Waals surface area contributed by atoms with Crippen molar-refractivity contribution in [1.82, 2.24) is 14.8 Å². The summed E-state index contributed by atoms with van der Waals surface area (Å²) in [5, 5.41) is 0.744. The Morgan fingerprint density at radius 2 is 1.78 bits per heavy atom. The quantitative estimate of drug-likeness (QED) is 0.727. The fourth-order valence-electron chi connectivity index (χ4n) is 5.27. The predicted molar refractivity (Wildman–Crippen MR) is 126 cm³/mol. The van der Waals surface area contributed by atoms with Crippen molar-refractivity contribution >= 4 is 23.4 Å². The van der Waals surface area contributed by atoms with E-state index < -0.39 is 0 Å². The van der Waals surface area contributed by atoms with Gasteiger partial charge in [-0.15, -0.1) is 0 Å². The smallest absolute Gasteiger partial charge is 0.255 e. The van der Waals surface area contributed by atoms with Gasteiger partial charge in [0, 0.05) is 49.9 Å². The van der Waals surface area contributed by atoms with Gasteiger partial charge in [-0.3, -0.25) is 19.5 Å². The number of nitrogens with two attached hydrogens (primary N) is 1. The molecule has 0 spiro atoms. The number of halogens is 1. The Morgan fingerprint density at radius 3 is 2.38 bits per heavy atom. The van der Waals surface area contributed by atoms with Crippen LogP contribution in [-0.2, 0) is 11.2 Å². The number of aryl methyl sites for hydroxylation is 3. The van der Waals surface area contributed by atoms with Crippen molar-refractivity contribution in [2.45, 2.75) is 39.7 Å². The van der Waals surface area contributed by atoms with Crippen molar-refractivity contribution in [2.24, 2.45) is 17.6 Å². The van der Waals surface area contributed by atoms with Crippen LogP contribution in [0.2, 0.25) is 5.02 Å². The number of aromatic nitrogens is 1. The monoisotopic (exact) mass is 454 g/mol. The van der Waals surface area contributed by atoms with Gasteiger partial charge in [-0.1, -0.05) is 23.7 Å². The van der Waals surface area contributed by atoms with Gasteiger partial charge < -0.3 is 10.6 Å². The number of carbonyl (C=O) groups excluding carboxylic acids is 2. The maximum absolute atomic E-state index is 13.2. The lowest BCUT2D eigenvalue weighted by Crippen LogP contribution is -2.41. The topological polar surface area (TPSA) is 79.5 Å². The molecule has 3 atom stereocenters. The van der Waals surface area contributed by atoms with E-state index in [2.05, 4.69) is 16.0 Å². The summed E-state index contributed by atoms with van der Waals surface area (Å²) >= 11 is 6.31. The van der Waals surface area contributed by atoms with E-state index in [1.165, 1.54) is 0 Å². The van der Waals surface area contributed by atoms with Crippen molar-refractivity contribution in [2.75, 3.05) is 26.2 Å². The number of hydrogen-bond acceptors (Lipinski definition) is 4. The largest absolute Gasteiger partial charge is 0.370 e.